The summed E-state index contributed by atoms with van der Waals surface area (Å²) in [4.78, 5) is 16.3. The minimum atomic E-state index is -4.41. The third-order valence-electron chi connectivity index (χ3n) is 3.30. The molecule has 0 saturated carbocycles. The van der Waals surface area contributed by atoms with Crippen LogP contribution < -0.4 is 16.0 Å². The lowest BCUT2D eigenvalue weighted by Gasteiger charge is -2.12. The number of benzene rings is 1. The topological polar surface area (TPSA) is 74.8 Å². The number of hydrogen-bond donors (Lipinski definition) is 3. The maximum atomic E-state index is 12.5. The molecule has 1 aromatic carbocycles. The molecule has 0 heterocycles. The zero-order valence-electron chi connectivity index (χ0n) is 15.4. The summed E-state index contributed by atoms with van der Waals surface area (Å²) in [7, 11) is 1.63. The minimum absolute atomic E-state index is 0. The molecule has 1 aromatic rings. The largest absolute Gasteiger partial charge is 0.416 e. The molecule has 0 aliphatic heterocycles. The molecule has 0 aliphatic carbocycles. The van der Waals surface area contributed by atoms with Crippen LogP contribution in [0.5, 0.6) is 0 Å². The third kappa shape index (κ3) is 10.4. The number of methoxy groups -OCH3 is 1. The molecule has 1 amide bonds. The summed E-state index contributed by atoms with van der Waals surface area (Å²) < 4.78 is 42.5. The third-order valence-corrected chi connectivity index (χ3v) is 3.30. The first-order valence-electron chi connectivity index (χ1n) is 8.35. The van der Waals surface area contributed by atoms with Crippen molar-refractivity contribution in [1.29, 1.82) is 0 Å². The zero-order chi connectivity index (χ0) is 19.4. The van der Waals surface area contributed by atoms with Gasteiger partial charge >= 0.3 is 6.18 Å². The van der Waals surface area contributed by atoms with Gasteiger partial charge in [0, 0.05) is 45.5 Å². The van der Waals surface area contributed by atoms with E-state index in [4.69, 9.17) is 4.74 Å². The average molecular weight is 502 g/mol. The first-order valence-corrected chi connectivity index (χ1v) is 8.35. The number of carbonyl (C=O) groups is 1. The van der Waals surface area contributed by atoms with Crippen LogP contribution in [0.4, 0.5) is 13.2 Å². The Hall–Kier alpha value is -1.56. The Labute approximate surface area is 174 Å². The van der Waals surface area contributed by atoms with E-state index in [1.54, 1.807) is 7.11 Å². The van der Waals surface area contributed by atoms with Crippen molar-refractivity contribution in [2.75, 3.05) is 39.9 Å². The van der Waals surface area contributed by atoms with Crippen LogP contribution in [0.15, 0.2) is 29.3 Å². The van der Waals surface area contributed by atoms with Gasteiger partial charge in [0.15, 0.2) is 5.96 Å². The SMILES string of the molecule is CCNC(=NCCCOC)NCCNC(=O)c1ccc(C(F)(F)F)cc1.I. The normalized spacial score (nSPS) is 11.5. The van der Waals surface area contributed by atoms with E-state index >= 15 is 0 Å². The van der Waals surface area contributed by atoms with Crippen molar-refractivity contribution < 1.29 is 22.7 Å². The van der Waals surface area contributed by atoms with E-state index in [0.717, 1.165) is 30.7 Å². The molecular formula is C17H26F3IN4O2. The minimum Gasteiger partial charge on any atom is -0.385 e. The first-order chi connectivity index (χ1) is 12.4. The average Bonchev–Trinajstić information content (AvgIpc) is 2.61. The summed E-state index contributed by atoms with van der Waals surface area (Å²) in [5.74, 6) is 0.204. The molecule has 0 radical (unpaired) electrons. The van der Waals surface area contributed by atoms with Gasteiger partial charge in [-0.3, -0.25) is 9.79 Å². The molecule has 1 rings (SSSR count). The number of halogens is 4. The quantitative estimate of drug-likeness (QED) is 0.210. The lowest BCUT2D eigenvalue weighted by atomic mass is 10.1. The number of aliphatic imine (C=N–C) groups is 1. The number of nitrogens with zero attached hydrogens (tertiary/aromatic N) is 1. The molecule has 27 heavy (non-hydrogen) atoms. The lowest BCUT2D eigenvalue weighted by molar-refractivity contribution is -0.137. The predicted molar refractivity (Wildman–Crippen MR) is 110 cm³/mol. The van der Waals surface area contributed by atoms with Gasteiger partial charge in [-0.25, -0.2) is 0 Å². The highest BCUT2D eigenvalue weighted by molar-refractivity contribution is 14.0. The van der Waals surface area contributed by atoms with Crippen molar-refractivity contribution in [3.63, 3.8) is 0 Å². The number of rotatable bonds is 9. The highest BCUT2D eigenvalue weighted by Crippen LogP contribution is 2.28. The molecule has 0 atom stereocenters. The first kappa shape index (κ1) is 25.4. The van der Waals surface area contributed by atoms with Gasteiger partial charge in [-0.2, -0.15) is 13.2 Å². The van der Waals surface area contributed by atoms with Crippen molar-refractivity contribution in [1.82, 2.24) is 16.0 Å². The van der Waals surface area contributed by atoms with Gasteiger partial charge in [0.25, 0.3) is 5.91 Å². The number of amides is 1. The monoisotopic (exact) mass is 502 g/mol. The lowest BCUT2D eigenvalue weighted by Crippen LogP contribution is -2.41. The van der Waals surface area contributed by atoms with Crippen LogP contribution in [0.1, 0.15) is 29.3 Å². The maximum Gasteiger partial charge on any atom is 0.416 e. The van der Waals surface area contributed by atoms with Crippen molar-refractivity contribution in [3.05, 3.63) is 35.4 Å². The molecule has 0 bridgehead atoms. The van der Waals surface area contributed by atoms with Gasteiger partial charge in [0.05, 0.1) is 5.56 Å². The number of carbonyl (C=O) groups excluding carboxylic acids is 1. The van der Waals surface area contributed by atoms with Crippen LogP contribution in [0.25, 0.3) is 0 Å². The van der Waals surface area contributed by atoms with Crippen molar-refractivity contribution in [3.8, 4) is 0 Å². The molecule has 0 aromatic heterocycles. The van der Waals surface area contributed by atoms with E-state index in [1.807, 2.05) is 6.92 Å². The Morgan fingerprint density at radius 1 is 1.11 bits per heavy atom. The molecule has 0 aliphatic rings. The van der Waals surface area contributed by atoms with Crippen molar-refractivity contribution >= 4 is 35.8 Å². The molecule has 0 unspecified atom stereocenters. The van der Waals surface area contributed by atoms with Gasteiger partial charge in [0.1, 0.15) is 0 Å². The Morgan fingerprint density at radius 2 is 1.74 bits per heavy atom. The van der Waals surface area contributed by atoms with Crippen molar-refractivity contribution in [2.24, 2.45) is 4.99 Å². The molecule has 0 spiro atoms. The summed E-state index contributed by atoms with van der Waals surface area (Å²) in [5.41, 5.74) is -0.603. The molecule has 0 fully saturated rings. The fourth-order valence-corrected chi connectivity index (χ4v) is 2.01. The van der Waals surface area contributed by atoms with Gasteiger partial charge in [-0.15, -0.1) is 24.0 Å². The summed E-state index contributed by atoms with van der Waals surface area (Å²) in [5, 5.41) is 8.79. The molecule has 6 nitrogen and oxygen atoms in total. The van der Waals surface area contributed by atoms with Gasteiger partial charge < -0.3 is 20.7 Å². The number of nitrogens with one attached hydrogen (secondary N) is 3. The van der Waals surface area contributed by atoms with Crippen LogP contribution >= 0.6 is 24.0 Å². The van der Waals surface area contributed by atoms with Crippen LogP contribution in [0.2, 0.25) is 0 Å². The summed E-state index contributed by atoms with van der Waals surface area (Å²) in [6, 6.07) is 4.10. The second-order valence-electron chi connectivity index (χ2n) is 5.36. The van der Waals surface area contributed by atoms with Crippen molar-refractivity contribution in [2.45, 2.75) is 19.5 Å². The highest BCUT2D eigenvalue weighted by Gasteiger charge is 2.30. The molecule has 10 heteroatoms. The Bertz CT molecular complexity index is 581. The number of alkyl halides is 3. The summed E-state index contributed by atoms with van der Waals surface area (Å²) in [6.07, 6.45) is -3.61. The smallest absolute Gasteiger partial charge is 0.385 e. The van der Waals surface area contributed by atoms with Crippen LogP contribution in [-0.4, -0.2) is 51.8 Å². The van der Waals surface area contributed by atoms with Crippen LogP contribution in [0.3, 0.4) is 0 Å². The zero-order valence-corrected chi connectivity index (χ0v) is 17.7. The fourth-order valence-electron chi connectivity index (χ4n) is 2.01. The van der Waals surface area contributed by atoms with E-state index in [0.29, 0.717) is 38.7 Å². The van der Waals surface area contributed by atoms with E-state index in [9.17, 15) is 18.0 Å². The molecule has 154 valence electrons. The number of ether oxygens (including phenoxy) is 1. The van der Waals surface area contributed by atoms with Gasteiger partial charge in [-0.1, -0.05) is 0 Å². The van der Waals surface area contributed by atoms with E-state index < -0.39 is 17.6 Å². The van der Waals surface area contributed by atoms with Gasteiger partial charge in [0.2, 0.25) is 0 Å². The maximum absolute atomic E-state index is 12.5. The van der Waals surface area contributed by atoms with Gasteiger partial charge in [-0.05, 0) is 37.6 Å². The number of guanidine groups is 1. The van der Waals surface area contributed by atoms with Crippen LogP contribution in [-0.2, 0) is 10.9 Å². The van der Waals surface area contributed by atoms with Crippen LogP contribution in [0, 0.1) is 0 Å². The van der Waals surface area contributed by atoms with E-state index in [-0.39, 0.29) is 29.5 Å². The Balaban J connectivity index is 0.00000676. The summed E-state index contributed by atoms with van der Waals surface area (Å²) in [6.45, 7) is 4.63. The fraction of sp³-hybridized carbons (Fsp3) is 0.529. The Morgan fingerprint density at radius 3 is 2.30 bits per heavy atom. The Kier molecular flexibility index (Phi) is 12.8. The molecular weight excluding hydrogens is 476 g/mol. The van der Waals surface area contributed by atoms with E-state index in [2.05, 4.69) is 20.9 Å². The number of hydrogen-bond acceptors (Lipinski definition) is 3. The highest BCUT2D eigenvalue weighted by atomic mass is 127. The second kappa shape index (κ2) is 13.6. The second-order valence-corrected chi connectivity index (χ2v) is 5.36. The van der Waals surface area contributed by atoms with E-state index in [1.165, 1.54) is 0 Å². The standard InChI is InChI=1S/C17H25F3N4O2.HI/c1-3-21-16(23-9-4-12-26-2)24-11-10-22-15(25)13-5-7-14(8-6-13)17(18,19)20;/h5-8H,3-4,9-12H2,1-2H3,(H,22,25)(H2,21,23,24);1H. The molecule has 3 N–H and O–H groups in total. The predicted octanol–water partition coefficient (Wildman–Crippen LogP) is 2.64. The molecule has 0 saturated heterocycles. The summed E-state index contributed by atoms with van der Waals surface area (Å²) >= 11 is 0.